The lowest BCUT2D eigenvalue weighted by Gasteiger charge is -2.27. The standard InChI is InChI=1S/C15H15ClF3NO3/c16-12-7-9(15(17,18)19)4-5-11(12)13(21)20-10-3-1-2-8(6-10)14(22)23/h4-5,7-8,10H,1-3,6H2,(H,20,21)(H,22,23). The van der Waals surface area contributed by atoms with Crippen LogP contribution in [0.5, 0.6) is 0 Å². The molecule has 1 fully saturated rings. The molecule has 1 saturated carbocycles. The Hall–Kier alpha value is -1.76. The molecule has 0 heterocycles. The molecular formula is C15H15ClF3NO3. The minimum atomic E-state index is -4.53. The Morgan fingerprint density at radius 2 is 1.96 bits per heavy atom. The molecule has 0 aliphatic heterocycles. The summed E-state index contributed by atoms with van der Waals surface area (Å²) in [6.07, 6.45) is -2.37. The molecule has 126 valence electrons. The number of benzene rings is 1. The number of hydrogen-bond donors (Lipinski definition) is 2. The zero-order valence-corrected chi connectivity index (χ0v) is 12.7. The van der Waals surface area contributed by atoms with Gasteiger partial charge in [0.15, 0.2) is 0 Å². The van der Waals surface area contributed by atoms with Crippen molar-refractivity contribution in [3.05, 3.63) is 34.3 Å². The van der Waals surface area contributed by atoms with Gasteiger partial charge in [0.2, 0.25) is 0 Å². The summed E-state index contributed by atoms with van der Waals surface area (Å²) < 4.78 is 37.7. The number of carboxylic acid groups (broad SMARTS) is 1. The number of carboxylic acids is 1. The summed E-state index contributed by atoms with van der Waals surface area (Å²) in [4.78, 5) is 23.1. The average Bonchev–Trinajstić information content (AvgIpc) is 2.46. The molecule has 2 N–H and O–H groups in total. The van der Waals surface area contributed by atoms with E-state index in [2.05, 4.69) is 5.32 Å². The van der Waals surface area contributed by atoms with Crippen molar-refractivity contribution in [1.82, 2.24) is 5.32 Å². The van der Waals surface area contributed by atoms with E-state index < -0.39 is 29.5 Å². The molecule has 8 heteroatoms. The predicted octanol–water partition coefficient (Wildman–Crippen LogP) is 3.73. The molecule has 4 nitrogen and oxygen atoms in total. The Balaban J connectivity index is 2.07. The number of amides is 1. The highest BCUT2D eigenvalue weighted by Crippen LogP contribution is 2.32. The molecule has 0 radical (unpaired) electrons. The summed E-state index contributed by atoms with van der Waals surface area (Å²) in [7, 11) is 0. The Morgan fingerprint density at radius 1 is 1.26 bits per heavy atom. The van der Waals surface area contributed by atoms with Crippen molar-refractivity contribution in [3.8, 4) is 0 Å². The van der Waals surface area contributed by atoms with E-state index in [-0.39, 0.29) is 16.6 Å². The maximum atomic E-state index is 12.6. The van der Waals surface area contributed by atoms with E-state index in [9.17, 15) is 22.8 Å². The van der Waals surface area contributed by atoms with Crippen molar-refractivity contribution < 1.29 is 27.9 Å². The number of halogens is 4. The van der Waals surface area contributed by atoms with E-state index in [1.165, 1.54) is 0 Å². The molecule has 1 aromatic carbocycles. The summed E-state index contributed by atoms with van der Waals surface area (Å²) in [5.41, 5.74) is -0.986. The maximum Gasteiger partial charge on any atom is 0.416 e. The first kappa shape index (κ1) is 17.6. The number of carbonyl (C=O) groups excluding carboxylic acids is 1. The second-order valence-corrected chi connectivity index (χ2v) is 5.97. The second kappa shape index (κ2) is 6.78. The fourth-order valence-corrected chi connectivity index (χ4v) is 2.95. The van der Waals surface area contributed by atoms with Gasteiger partial charge in [-0.3, -0.25) is 9.59 Å². The van der Waals surface area contributed by atoms with Gasteiger partial charge in [-0.15, -0.1) is 0 Å². The monoisotopic (exact) mass is 349 g/mol. The smallest absolute Gasteiger partial charge is 0.416 e. The molecule has 2 atom stereocenters. The third-order valence-electron chi connectivity index (χ3n) is 3.90. The van der Waals surface area contributed by atoms with Gasteiger partial charge in [-0.1, -0.05) is 18.0 Å². The fraction of sp³-hybridized carbons (Fsp3) is 0.467. The van der Waals surface area contributed by atoms with Gasteiger partial charge in [-0.25, -0.2) is 0 Å². The summed E-state index contributed by atoms with van der Waals surface area (Å²) in [5.74, 6) is -2.02. The Kier molecular flexibility index (Phi) is 5.19. The van der Waals surface area contributed by atoms with Crippen LogP contribution in [-0.4, -0.2) is 23.0 Å². The first-order chi connectivity index (χ1) is 10.7. The number of aliphatic carboxylic acids is 1. The number of rotatable bonds is 3. The highest BCUT2D eigenvalue weighted by atomic mass is 35.5. The molecule has 2 unspecified atom stereocenters. The van der Waals surface area contributed by atoms with Gasteiger partial charge in [0, 0.05) is 6.04 Å². The SMILES string of the molecule is O=C(NC1CCCC(C(=O)O)C1)c1ccc(C(F)(F)F)cc1Cl. The van der Waals surface area contributed by atoms with Crippen LogP contribution in [0.4, 0.5) is 13.2 Å². The minimum absolute atomic E-state index is 0.0582. The van der Waals surface area contributed by atoms with Crippen LogP contribution >= 0.6 is 11.6 Å². The highest BCUT2D eigenvalue weighted by molar-refractivity contribution is 6.33. The molecule has 0 aromatic heterocycles. The van der Waals surface area contributed by atoms with Crippen molar-refractivity contribution in [2.24, 2.45) is 5.92 Å². The summed E-state index contributed by atoms with van der Waals surface area (Å²) in [6.45, 7) is 0. The molecule has 2 rings (SSSR count). The highest BCUT2D eigenvalue weighted by Gasteiger charge is 2.32. The minimum Gasteiger partial charge on any atom is -0.481 e. The van der Waals surface area contributed by atoms with Crippen LogP contribution in [0.3, 0.4) is 0 Å². The van der Waals surface area contributed by atoms with E-state index in [1.54, 1.807) is 0 Å². The lowest BCUT2D eigenvalue weighted by molar-refractivity contribution is -0.143. The van der Waals surface area contributed by atoms with Crippen molar-refractivity contribution in [3.63, 3.8) is 0 Å². The molecular weight excluding hydrogens is 335 g/mol. The van der Waals surface area contributed by atoms with Crippen molar-refractivity contribution >= 4 is 23.5 Å². The Labute approximate surface area is 135 Å². The van der Waals surface area contributed by atoms with Gasteiger partial charge in [-0.2, -0.15) is 13.2 Å². The second-order valence-electron chi connectivity index (χ2n) is 5.56. The van der Waals surface area contributed by atoms with E-state index in [0.29, 0.717) is 31.7 Å². The van der Waals surface area contributed by atoms with Crippen LogP contribution in [0.1, 0.15) is 41.6 Å². The molecule has 1 aliphatic carbocycles. The maximum absolute atomic E-state index is 12.6. The van der Waals surface area contributed by atoms with E-state index in [4.69, 9.17) is 16.7 Å². The molecule has 1 amide bonds. The van der Waals surface area contributed by atoms with Gasteiger partial charge < -0.3 is 10.4 Å². The zero-order chi connectivity index (χ0) is 17.2. The lowest BCUT2D eigenvalue weighted by Crippen LogP contribution is -2.40. The van der Waals surface area contributed by atoms with Crippen molar-refractivity contribution in [2.45, 2.75) is 37.9 Å². The van der Waals surface area contributed by atoms with Crippen LogP contribution in [0.15, 0.2) is 18.2 Å². The topological polar surface area (TPSA) is 66.4 Å². The summed E-state index contributed by atoms with van der Waals surface area (Å²) >= 11 is 5.77. The normalized spacial score (nSPS) is 21.7. The fourth-order valence-electron chi connectivity index (χ4n) is 2.68. The molecule has 23 heavy (non-hydrogen) atoms. The van der Waals surface area contributed by atoms with Crippen LogP contribution in [0, 0.1) is 5.92 Å². The first-order valence-corrected chi connectivity index (χ1v) is 7.46. The molecule has 0 bridgehead atoms. The van der Waals surface area contributed by atoms with E-state index in [0.717, 1.165) is 12.1 Å². The van der Waals surface area contributed by atoms with E-state index >= 15 is 0 Å². The average molecular weight is 350 g/mol. The van der Waals surface area contributed by atoms with Gasteiger partial charge in [0.25, 0.3) is 5.91 Å². The lowest BCUT2D eigenvalue weighted by atomic mass is 9.85. The first-order valence-electron chi connectivity index (χ1n) is 7.09. The number of carbonyl (C=O) groups is 2. The van der Waals surface area contributed by atoms with Crippen LogP contribution < -0.4 is 5.32 Å². The van der Waals surface area contributed by atoms with Gasteiger partial charge in [0.1, 0.15) is 0 Å². The zero-order valence-electron chi connectivity index (χ0n) is 12.0. The third kappa shape index (κ3) is 4.37. The van der Waals surface area contributed by atoms with Gasteiger partial charge >= 0.3 is 12.1 Å². The molecule has 0 saturated heterocycles. The van der Waals surface area contributed by atoms with Crippen LogP contribution in [-0.2, 0) is 11.0 Å². The summed E-state index contributed by atoms with van der Waals surface area (Å²) in [5, 5.41) is 11.4. The van der Waals surface area contributed by atoms with Crippen molar-refractivity contribution in [2.75, 3.05) is 0 Å². The van der Waals surface area contributed by atoms with Crippen LogP contribution in [0.2, 0.25) is 5.02 Å². The van der Waals surface area contributed by atoms with Gasteiger partial charge in [-0.05, 0) is 37.5 Å². The summed E-state index contributed by atoms with van der Waals surface area (Å²) in [6, 6.07) is 2.20. The molecule has 1 aromatic rings. The Bertz CT molecular complexity index is 618. The third-order valence-corrected chi connectivity index (χ3v) is 4.21. The van der Waals surface area contributed by atoms with Gasteiger partial charge in [0.05, 0.1) is 22.1 Å². The largest absolute Gasteiger partial charge is 0.481 e. The van der Waals surface area contributed by atoms with Crippen LogP contribution in [0.25, 0.3) is 0 Å². The van der Waals surface area contributed by atoms with Crippen molar-refractivity contribution in [1.29, 1.82) is 0 Å². The van der Waals surface area contributed by atoms with E-state index in [1.807, 2.05) is 0 Å². The number of alkyl halides is 3. The molecule has 0 spiro atoms. The predicted molar refractivity (Wildman–Crippen MR) is 77.3 cm³/mol. The Morgan fingerprint density at radius 3 is 2.52 bits per heavy atom. The quantitative estimate of drug-likeness (QED) is 0.873. The molecule has 1 aliphatic rings. The number of hydrogen-bond acceptors (Lipinski definition) is 2. The number of nitrogens with one attached hydrogen (secondary N) is 1.